The fraction of sp³-hybridized carbons (Fsp3) is 0.214. The fourth-order valence-corrected chi connectivity index (χ4v) is 2.37. The Hall–Kier alpha value is -2.32. The van der Waals surface area contributed by atoms with E-state index in [-0.39, 0.29) is 10.9 Å². The van der Waals surface area contributed by atoms with E-state index in [1.165, 1.54) is 19.2 Å². The number of ether oxygens (including phenoxy) is 1. The third kappa shape index (κ3) is 3.46. The number of anilines is 1. The molecule has 7 nitrogen and oxygen atoms in total. The Bertz CT molecular complexity index is 767. The maximum atomic E-state index is 12.1. The first-order valence-corrected chi connectivity index (χ1v) is 8.03. The van der Waals surface area contributed by atoms with Crippen molar-refractivity contribution in [3.63, 3.8) is 0 Å². The summed E-state index contributed by atoms with van der Waals surface area (Å²) in [4.78, 5) is 12.1. The molecular weight excluding hydrogens is 308 g/mol. The molecule has 0 aliphatic heterocycles. The first kappa shape index (κ1) is 16.1. The van der Waals surface area contributed by atoms with E-state index in [0.29, 0.717) is 18.0 Å². The summed E-state index contributed by atoms with van der Waals surface area (Å²) in [5, 5.41) is 2.30. The van der Waals surface area contributed by atoms with E-state index in [1.54, 1.807) is 24.3 Å². The fourth-order valence-electron chi connectivity index (χ4n) is 1.72. The number of benzene rings is 1. The number of hydrogen-bond acceptors (Lipinski definition) is 5. The van der Waals surface area contributed by atoms with Crippen LogP contribution in [-0.4, -0.2) is 28.0 Å². The third-order valence-corrected chi connectivity index (χ3v) is 4.06. The summed E-state index contributed by atoms with van der Waals surface area (Å²) in [7, 11) is -2.46. The van der Waals surface area contributed by atoms with Gasteiger partial charge in [-0.25, -0.2) is 13.1 Å². The van der Waals surface area contributed by atoms with Crippen molar-refractivity contribution < 1.29 is 22.4 Å². The molecule has 2 rings (SSSR count). The van der Waals surface area contributed by atoms with Crippen molar-refractivity contribution >= 4 is 21.6 Å². The molecule has 0 aliphatic carbocycles. The highest BCUT2D eigenvalue weighted by atomic mass is 32.2. The second-order valence-corrected chi connectivity index (χ2v) is 6.03. The Morgan fingerprint density at radius 2 is 1.95 bits per heavy atom. The number of hydrogen-bond donors (Lipinski definition) is 2. The summed E-state index contributed by atoms with van der Waals surface area (Å²) >= 11 is 0. The molecule has 0 aliphatic rings. The van der Waals surface area contributed by atoms with Gasteiger partial charge in [-0.2, -0.15) is 0 Å². The van der Waals surface area contributed by atoms with E-state index < -0.39 is 15.9 Å². The molecule has 1 aromatic carbocycles. The average Bonchev–Trinajstić information content (AvgIpc) is 3.00. The van der Waals surface area contributed by atoms with E-state index in [2.05, 4.69) is 10.0 Å². The normalized spacial score (nSPS) is 11.2. The van der Waals surface area contributed by atoms with Gasteiger partial charge < -0.3 is 14.5 Å². The molecule has 8 heteroatoms. The van der Waals surface area contributed by atoms with Crippen molar-refractivity contribution in [1.82, 2.24) is 4.72 Å². The quantitative estimate of drug-likeness (QED) is 0.845. The SMILES string of the molecule is CCOc1ccccc1NC(=O)c1ccc(S(=O)(=O)NC)o1. The molecule has 118 valence electrons. The summed E-state index contributed by atoms with van der Waals surface area (Å²) < 4.78 is 35.7. The average molecular weight is 324 g/mol. The molecule has 0 fully saturated rings. The highest BCUT2D eigenvalue weighted by molar-refractivity contribution is 7.89. The molecule has 0 saturated heterocycles. The van der Waals surface area contributed by atoms with E-state index in [1.807, 2.05) is 6.92 Å². The Morgan fingerprint density at radius 3 is 2.64 bits per heavy atom. The van der Waals surface area contributed by atoms with Crippen LogP contribution in [0.2, 0.25) is 0 Å². The van der Waals surface area contributed by atoms with Crippen LogP contribution < -0.4 is 14.8 Å². The lowest BCUT2D eigenvalue weighted by atomic mass is 10.3. The lowest BCUT2D eigenvalue weighted by Crippen LogP contribution is -2.18. The molecule has 0 unspecified atom stereocenters. The number of carbonyl (C=O) groups excluding carboxylic acids is 1. The van der Waals surface area contributed by atoms with Gasteiger partial charge in [0.25, 0.3) is 15.9 Å². The second kappa shape index (κ2) is 6.63. The van der Waals surface area contributed by atoms with E-state index >= 15 is 0 Å². The van der Waals surface area contributed by atoms with E-state index in [9.17, 15) is 13.2 Å². The minimum Gasteiger partial charge on any atom is -0.492 e. The Morgan fingerprint density at radius 1 is 1.23 bits per heavy atom. The van der Waals surface area contributed by atoms with E-state index in [4.69, 9.17) is 9.15 Å². The molecule has 1 aromatic heterocycles. The minimum absolute atomic E-state index is 0.111. The van der Waals surface area contributed by atoms with Gasteiger partial charge in [-0.15, -0.1) is 0 Å². The van der Waals surface area contributed by atoms with Crippen molar-refractivity contribution in [2.75, 3.05) is 19.0 Å². The topological polar surface area (TPSA) is 97.6 Å². The highest BCUT2D eigenvalue weighted by Gasteiger charge is 2.20. The van der Waals surface area contributed by atoms with Crippen LogP contribution in [0, 0.1) is 0 Å². The third-order valence-electron chi connectivity index (χ3n) is 2.77. The van der Waals surface area contributed by atoms with Crippen LogP contribution >= 0.6 is 0 Å². The summed E-state index contributed by atoms with van der Waals surface area (Å²) in [6.07, 6.45) is 0. The van der Waals surface area contributed by atoms with Gasteiger partial charge >= 0.3 is 0 Å². The highest BCUT2D eigenvalue weighted by Crippen LogP contribution is 2.24. The lowest BCUT2D eigenvalue weighted by molar-refractivity contribution is 0.0991. The number of amides is 1. The summed E-state index contributed by atoms with van der Waals surface area (Å²) in [5.41, 5.74) is 0.476. The number of carbonyl (C=O) groups is 1. The minimum atomic E-state index is -3.72. The van der Waals surface area contributed by atoms with Crippen LogP contribution in [0.15, 0.2) is 45.9 Å². The van der Waals surface area contributed by atoms with Gasteiger partial charge in [0, 0.05) is 0 Å². The van der Waals surface area contributed by atoms with Crippen LogP contribution in [0.3, 0.4) is 0 Å². The van der Waals surface area contributed by atoms with Crippen molar-refractivity contribution in [2.24, 2.45) is 0 Å². The first-order valence-electron chi connectivity index (χ1n) is 6.54. The molecule has 0 bridgehead atoms. The van der Waals surface area contributed by atoms with Gasteiger partial charge in [-0.1, -0.05) is 12.1 Å². The lowest BCUT2D eigenvalue weighted by Gasteiger charge is -2.10. The largest absolute Gasteiger partial charge is 0.492 e. The van der Waals surface area contributed by atoms with Gasteiger partial charge in [0.15, 0.2) is 5.76 Å². The summed E-state index contributed by atoms with van der Waals surface area (Å²) in [6, 6.07) is 9.44. The van der Waals surface area contributed by atoms with Gasteiger partial charge in [-0.05, 0) is 38.2 Å². The maximum absolute atomic E-state index is 12.1. The monoisotopic (exact) mass is 324 g/mol. The van der Waals surface area contributed by atoms with E-state index in [0.717, 1.165) is 0 Å². The molecule has 2 aromatic rings. The standard InChI is InChI=1S/C14H16N2O5S/c1-3-20-11-7-5-4-6-10(11)16-14(17)12-8-9-13(21-12)22(18,19)15-2/h4-9,15H,3H2,1-2H3,(H,16,17). The molecule has 0 saturated carbocycles. The second-order valence-electron chi connectivity index (χ2n) is 4.21. The molecule has 2 N–H and O–H groups in total. The number of nitrogens with one attached hydrogen (secondary N) is 2. The molecule has 22 heavy (non-hydrogen) atoms. The van der Waals surface area contributed by atoms with Crippen LogP contribution in [0.5, 0.6) is 5.75 Å². The maximum Gasteiger partial charge on any atom is 0.291 e. The smallest absolute Gasteiger partial charge is 0.291 e. The van der Waals surface area contributed by atoms with Gasteiger partial charge in [0.1, 0.15) is 5.75 Å². The van der Waals surface area contributed by atoms with Crippen molar-refractivity contribution in [1.29, 1.82) is 0 Å². The molecular formula is C14H16N2O5S. The zero-order valence-corrected chi connectivity index (χ0v) is 12.9. The van der Waals surface area contributed by atoms with Gasteiger partial charge in [-0.3, -0.25) is 4.79 Å². The van der Waals surface area contributed by atoms with Gasteiger partial charge in [0.05, 0.1) is 12.3 Å². The molecule has 0 spiro atoms. The molecule has 1 amide bonds. The zero-order chi connectivity index (χ0) is 16.2. The van der Waals surface area contributed by atoms with Crippen LogP contribution in [0.4, 0.5) is 5.69 Å². The summed E-state index contributed by atoms with van der Waals surface area (Å²) in [6.45, 7) is 2.29. The number of para-hydroxylation sites is 2. The Labute approximate surface area is 128 Å². The van der Waals surface area contributed by atoms with Gasteiger partial charge in [0.2, 0.25) is 5.09 Å². The molecule has 0 radical (unpaired) electrons. The molecule has 0 atom stereocenters. The number of sulfonamides is 1. The van der Waals surface area contributed by atoms with Crippen LogP contribution in [0.1, 0.15) is 17.5 Å². The predicted molar refractivity (Wildman–Crippen MR) is 80.5 cm³/mol. The predicted octanol–water partition coefficient (Wildman–Crippen LogP) is 1.84. The number of rotatable bonds is 6. The first-order chi connectivity index (χ1) is 10.5. The van der Waals surface area contributed by atoms with Crippen LogP contribution in [0.25, 0.3) is 0 Å². The van der Waals surface area contributed by atoms with Crippen molar-refractivity contribution in [3.05, 3.63) is 42.2 Å². The summed E-state index contributed by atoms with van der Waals surface area (Å²) in [5.74, 6) is -0.155. The Balaban J connectivity index is 2.20. The molecule has 1 heterocycles. The Kier molecular flexibility index (Phi) is 4.84. The number of furan rings is 1. The van der Waals surface area contributed by atoms with Crippen molar-refractivity contribution in [2.45, 2.75) is 12.0 Å². The zero-order valence-electron chi connectivity index (χ0n) is 12.1. The van der Waals surface area contributed by atoms with Crippen LogP contribution in [-0.2, 0) is 10.0 Å². The van der Waals surface area contributed by atoms with Crippen molar-refractivity contribution in [3.8, 4) is 5.75 Å².